The Labute approximate surface area is 117 Å². The summed E-state index contributed by atoms with van der Waals surface area (Å²) >= 11 is 0. The van der Waals surface area contributed by atoms with E-state index in [-0.39, 0.29) is 11.6 Å². The molecular formula is C14H9F4NO2. The van der Waals surface area contributed by atoms with E-state index in [1.54, 1.807) is 0 Å². The number of anilines is 1. The summed E-state index contributed by atoms with van der Waals surface area (Å²) in [7, 11) is 0. The van der Waals surface area contributed by atoms with Gasteiger partial charge in [0.15, 0.2) is 0 Å². The van der Waals surface area contributed by atoms with Gasteiger partial charge >= 0.3 is 12.3 Å². The summed E-state index contributed by atoms with van der Waals surface area (Å²) < 4.78 is 56.4. The molecular weight excluding hydrogens is 290 g/mol. The van der Waals surface area contributed by atoms with E-state index in [1.807, 2.05) is 0 Å². The number of fused-ring (bicyclic) bond motifs is 1. The average molecular weight is 299 g/mol. The number of hydrogen-bond donors (Lipinski definition) is 0. The van der Waals surface area contributed by atoms with E-state index < -0.39 is 29.8 Å². The van der Waals surface area contributed by atoms with Gasteiger partial charge in [-0.3, -0.25) is 0 Å². The second-order valence-corrected chi connectivity index (χ2v) is 4.87. The van der Waals surface area contributed by atoms with Crippen LogP contribution in [-0.4, -0.2) is 12.3 Å². The van der Waals surface area contributed by atoms with E-state index in [0.29, 0.717) is 6.07 Å². The minimum absolute atomic E-state index is 0.0943. The lowest BCUT2D eigenvalue weighted by Gasteiger charge is -2.31. The Bertz CT molecular complexity index is 655. The number of carbonyl (C=O) groups is 1. The SMILES string of the molecule is O=C1OC(C(F)(F)F)c2cc(F)ccc2N1C#CC1CC1. The molecule has 0 aromatic heterocycles. The summed E-state index contributed by atoms with van der Waals surface area (Å²) in [5, 5.41) is 0. The average Bonchev–Trinajstić information content (AvgIpc) is 3.20. The standard InChI is InChI=1S/C14H9F4NO2/c15-9-3-4-11-10(7-9)12(14(16,17)18)21-13(20)19(11)6-5-8-1-2-8/h3-4,7-8,12H,1-2H2. The molecule has 1 atom stereocenters. The monoisotopic (exact) mass is 299 g/mol. The van der Waals surface area contributed by atoms with Crippen LogP contribution in [-0.2, 0) is 4.74 Å². The number of carbonyl (C=O) groups excluding carboxylic acids is 1. The third kappa shape index (κ3) is 2.66. The summed E-state index contributed by atoms with van der Waals surface area (Å²) in [6.07, 6.45) is -6.69. The van der Waals surface area contributed by atoms with Crippen LogP contribution >= 0.6 is 0 Å². The van der Waals surface area contributed by atoms with Crippen LogP contribution in [0.3, 0.4) is 0 Å². The van der Waals surface area contributed by atoms with Crippen LogP contribution in [0.25, 0.3) is 0 Å². The number of alkyl halides is 3. The fourth-order valence-electron chi connectivity index (χ4n) is 1.99. The first-order valence-electron chi connectivity index (χ1n) is 6.24. The van der Waals surface area contributed by atoms with Crippen LogP contribution in [0.5, 0.6) is 0 Å². The maximum absolute atomic E-state index is 13.2. The van der Waals surface area contributed by atoms with E-state index in [9.17, 15) is 22.4 Å². The summed E-state index contributed by atoms with van der Waals surface area (Å²) in [5.41, 5.74) is -0.546. The van der Waals surface area contributed by atoms with Gasteiger partial charge in [0, 0.05) is 17.5 Å². The lowest BCUT2D eigenvalue weighted by Crippen LogP contribution is -2.39. The first kappa shape index (κ1) is 13.7. The molecule has 3 rings (SSSR count). The van der Waals surface area contributed by atoms with Gasteiger partial charge < -0.3 is 4.74 Å². The zero-order valence-electron chi connectivity index (χ0n) is 10.6. The lowest BCUT2D eigenvalue weighted by atomic mass is 10.0. The fourth-order valence-corrected chi connectivity index (χ4v) is 1.99. The Hall–Kier alpha value is -2.23. The Morgan fingerprint density at radius 2 is 2.00 bits per heavy atom. The number of ether oxygens (including phenoxy) is 1. The van der Waals surface area contributed by atoms with Gasteiger partial charge in [0.25, 0.3) is 0 Å². The Morgan fingerprint density at radius 1 is 1.29 bits per heavy atom. The summed E-state index contributed by atoms with van der Waals surface area (Å²) in [5.74, 6) is 2.08. The summed E-state index contributed by atoms with van der Waals surface area (Å²) in [6.45, 7) is 0. The number of hydrogen-bond acceptors (Lipinski definition) is 2. The molecule has 0 N–H and O–H groups in total. The molecule has 0 bridgehead atoms. The molecule has 1 unspecified atom stereocenters. The highest BCUT2D eigenvalue weighted by atomic mass is 19.4. The molecule has 1 aromatic carbocycles. The van der Waals surface area contributed by atoms with Gasteiger partial charge in [-0.1, -0.05) is 5.92 Å². The molecule has 0 saturated heterocycles. The van der Waals surface area contributed by atoms with Crippen LogP contribution in [0.4, 0.5) is 28.0 Å². The van der Waals surface area contributed by atoms with Gasteiger partial charge in [-0.2, -0.15) is 13.2 Å². The molecule has 1 aliphatic carbocycles. The quantitative estimate of drug-likeness (QED) is 0.539. The molecule has 21 heavy (non-hydrogen) atoms. The highest BCUT2D eigenvalue weighted by Crippen LogP contribution is 2.44. The van der Waals surface area contributed by atoms with Gasteiger partial charge in [0.05, 0.1) is 5.69 Å². The van der Waals surface area contributed by atoms with Gasteiger partial charge in [0.1, 0.15) is 5.82 Å². The number of nitrogens with zero attached hydrogens (tertiary/aromatic N) is 1. The highest BCUT2D eigenvalue weighted by molar-refractivity contribution is 5.94. The molecule has 2 aliphatic rings. The molecule has 1 aromatic rings. The molecule has 3 nitrogen and oxygen atoms in total. The largest absolute Gasteiger partial charge is 0.430 e. The van der Waals surface area contributed by atoms with Crippen LogP contribution in [0.2, 0.25) is 0 Å². The molecule has 1 saturated carbocycles. The number of amides is 1. The smallest absolute Gasteiger partial charge is 0.430 e. The van der Waals surface area contributed by atoms with Crippen molar-refractivity contribution in [2.45, 2.75) is 25.1 Å². The summed E-state index contributed by atoms with van der Waals surface area (Å²) in [4.78, 5) is 12.5. The van der Waals surface area contributed by atoms with Gasteiger partial charge in [-0.15, -0.1) is 0 Å². The van der Waals surface area contributed by atoms with Crippen molar-refractivity contribution in [1.29, 1.82) is 0 Å². The van der Waals surface area contributed by atoms with E-state index >= 15 is 0 Å². The predicted molar refractivity (Wildman–Crippen MR) is 64.7 cm³/mol. The topological polar surface area (TPSA) is 29.5 Å². The van der Waals surface area contributed by atoms with E-state index in [1.165, 1.54) is 0 Å². The number of rotatable bonds is 0. The second kappa shape index (κ2) is 4.65. The lowest BCUT2D eigenvalue weighted by molar-refractivity contribution is -0.206. The van der Waals surface area contributed by atoms with Crippen LogP contribution in [0.1, 0.15) is 24.5 Å². The van der Waals surface area contributed by atoms with Crippen molar-refractivity contribution in [3.63, 3.8) is 0 Å². The molecule has 1 fully saturated rings. The van der Waals surface area contributed by atoms with E-state index in [2.05, 4.69) is 16.7 Å². The fraction of sp³-hybridized carbons (Fsp3) is 0.357. The van der Waals surface area contributed by atoms with Crippen molar-refractivity contribution in [2.75, 3.05) is 4.90 Å². The minimum Gasteiger partial charge on any atom is -0.430 e. The molecule has 1 heterocycles. The van der Waals surface area contributed by atoms with Crippen LogP contribution in [0.15, 0.2) is 18.2 Å². The van der Waals surface area contributed by atoms with Crippen molar-refractivity contribution in [3.05, 3.63) is 29.6 Å². The van der Waals surface area contributed by atoms with Crippen molar-refractivity contribution in [1.82, 2.24) is 0 Å². The predicted octanol–water partition coefficient (Wildman–Crippen LogP) is 3.76. The Kier molecular flexibility index (Phi) is 3.04. The van der Waals surface area contributed by atoms with E-state index in [4.69, 9.17) is 0 Å². The molecule has 7 heteroatoms. The maximum atomic E-state index is 13.2. The number of cyclic esters (lactones) is 1. The molecule has 110 valence electrons. The normalized spacial score (nSPS) is 21.2. The Morgan fingerprint density at radius 3 is 2.62 bits per heavy atom. The Balaban J connectivity index is 2.06. The zero-order chi connectivity index (χ0) is 15.2. The number of halogens is 4. The first-order valence-corrected chi connectivity index (χ1v) is 6.24. The summed E-state index contributed by atoms with van der Waals surface area (Å²) in [6, 6.07) is 5.30. The van der Waals surface area contributed by atoms with Crippen LogP contribution in [0, 0.1) is 23.7 Å². The molecule has 1 amide bonds. The van der Waals surface area contributed by atoms with Gasteiger partial charge in [-0.25, -0.2) is 14.1 Å². The molecule has 0 spiro atoms. The third-order valence-electron chi connectivity index (χ3n) is 3.17. The third-order valence-corrected chi connectivity index (χ3v) is 3.17. The van der Waals surface area contributed by atoms with E-state index in [0.717, 1.165) is 29.9 Å². The second-order valence-electron chi connectivity index (χ2n) is 4.87. The molecule has 0 radical (unpaired) electrons. The number of benzene rings is 1. The van der Waals surface area contributed by atoms with Crippen molar-refractivity contribution in [3.8, 4) is 12.0 Å². The highest BCUT2D eigenvalue weighted by Gasteiger charge is 2.49. The minimum atomic E-state index is -4.81. The van der Waals surface area contributed by atoms with Gasteiger partial charge in [0.2, 0.25) is 6.10 Å². The first-order chi connectivity index (χ1) is 9.86. The van der Waals surface area contributed by atoms with Crippen molar-refractivity contribution < 1.29 is 27.1 Å². The zero-order valence-corrected chi connectivity index (χ0v) is 10.6. The van der Waals surface area contributed by atoms with Crippen molar-refractivity contribution in [2.24, 2.45) is 5.92 Å². The maximum Gasteiger partial charge on any atom is 0.430 e. The van der Waals surface area contributed by atoms with Crippen molar-refractivity contribution >= 4 is 11.8 Å². The van der Waals surface area contributed by atoms with Gasteiger partial charge in [-0.05, 0) is 31.0 Å². The van der Waals surface area contributed by atoms with Crippen LogP contribution < -0.4 is 4.90 Å². The molecule has 1 aliphatic heterocycles.